The summed E-state index contributed by atoms with van der Waals surface area (Å²) in [7, 11) is 0. The van der Waals surface area contributed by atoms with Crippen LogP contribution in [0.25, 0.3) is 11.3 Å². The molecule has 0 fully saturated rings. The lowest BCUT2D eigenvalue weighted by atomic mass is 10.2. The van der Waals surface area contributed by atoms with Crippen LogP contribution in [0.5, 0.6) is 5.88 Å². The van der Waals surface area contributed by atoms with Crippen LogP contribution in [-0.2, 0) is 11.2 Å². The average Bonchev–Trinajstić information content (AvgIpc) is 2.45. The first-order chi connectivity index (χ1) is 9.19. The van der Waals surface area contributed by atoms with Gasteiger partial charge in [0.15, 0.2) is 6.61 Å². The lowest BCUT2D eigenvalue weighted by Gasteiger charge is -2.07. The van der Waals surface area contributed by atoms with Gasteiger partial charge >= 0.3 is 5.97 Å². The molecule has 0 amide bonds. The van der Waals surface area contributed by atoms with Gasteiger partial charge in [0.05, 0.1) is 5.69 Å². The highest BCUT2D eigenvalue weighted by Gasteiger charge is 2.08. The maximum Gasteiger partial charge on any atom is 0.341 e. The van der Waals surface area contributed by atoms with Crippen molar-refractivity contribution in [1.82, 2.24) is 15.0 Å². The largest absolute Gasteiger partial charge is 0.479 e. The molecule has 6 nitrogen and oxygen atoms in total. The molecule has 19 heavy (non-hydrogen) atoms. The Morgan fingerprint density at radius 2 is 2.05 bits per heavy atom. The smallest absolute Gasteiger partial charge is 0.341 e. The summed E-state index contributed by atoms with van der Waals surface area (Å²) in [6, 6.07) is 5.27. The van der Waals surface area contributed by atoms with Crippen molar-refractivity contribution < 1.29 is 14.6 Å². The number of ether oxygens (including phenoxy) is 1. The van der Waals surface area contributed by atoms with Crippen molar-refractivity contribution in [3.8, 4) is 17.1 Å². The zero-order valence-corrected chi connectivity index (χ0v) is 10.4. The van der Waals surface area contributed by atoms with Crippen molar-refractivity contribution in [3.05, 3.63) is 36.4 Å². The van der Waals surface area contributed by atoms with E-state index in [0.717, 1.165) is 5.56 Å². The maximum absolute atomic E-state index is 10.5. The molecule has 6 heteroatoms. The number of hydrogen-bond acceptors (Lipinski definition) is 5. The first kappa shape index (κ1) is 12.9. The first-order valence-corrected chi connectivity index (χ1v) is 5.82. The number of nitrogens with zero attached hydrogens (tertiary/aromatic N) is 3. The maximum atomic E-state index is 10.5. The van der Waals surface area contributed by atoms with Crippen LogP contribution >= 0.6 is 0 Å². The third-order valence-electron chi connectivity index (χ3n) is 2.38. The fraction of sp³-hybridized carbons (Fsp3) is 0.231. The molecule has 0 saturated heterocycles. The third kappa shape index (κ3) is 3.48. The Hall–Kier alpha value is -2.50. The Bertz CT molecular complexity index is 573. The predicted molar refractivity (Wildman–Crippen MR) is 67.8 cm³/mol. The SMILES string of the molecule is CCc1nc(OCC(=O)O)cc(-c2ccncc2)n1. The quantitative estimate of drug-likeness (QED) is 0.877. The molecule has 0 saturated carbocycles. The van der Waals surface area contributed by atoms with Gasteiger partial charge in [0.2, 0.25) is 5.88 Å². The van der Waals surface area contributed by atoms with Gasteiger partial charge in [0, 0.05) is 30.4 Å². The van der Waals surface area contributed by atoms with Gasteiger partial charge in [-0.05, 0) is 12.1 Å². The van der Waals surface area contributed by atoms with Crippen LogP contribution < -0.4 is 4.74 Å². The van der Waals surface area contributed by atoms with E-state index in [2.05, 4.69) is 15.0 Å². The van der Waals surface area contributed by atoms with Gasteiger partial charge in [-0.2, -0.15) is 4.98 Å². The number of carbonyl (C=O) groups is 1. The summed E-state index contributed by atoms with van der Waals surface area (Å²) in [5.41, 5.74) is 1.57. The molecule has 0 unspecified atom stereocenters. The third-order valence-corrected chi connectivity index (χ3v) is 2.38. The average molecular weight is 259 g/mol. The second-order valence-corrected chi connectivity index (χ2v) is 3.78. The van der Waals surface area contributed by atoms with Gasteiger partial charge in [-0.15, -0.1) is 0 Å². The van der Waals surface area contributed by atoms with Gasteiger partial charge in [-0.25, -0.2) is 9.78 Å². The Balaban J connectivity index is 2.33. The summed E-state index contributed by atoms with van der Waals surface area (Å²) in [5, 5.41) is 8.61. The summed E-state index contributed by atoms with van der Waals surface area (Å²) < 4.78 is 5.11. The summed E-state index contributed by atoms with van der Waals surface area (Å²) in [6.45, 7) is 1.50. The number of hydrogen-bond donors (Lipinski definition) is 1. The Kier molecular flexibility index (Phi) is 4.02. The number of pyridine rings is 1. The van der Waals surface area contributed by atoms with Crippen LogP contribution in [0.3, 0.4) is 0 Å². The zero-order chi connectivity index (χ0) is 13.7. The zero-order valence-electron chi connectivity index (χ0n) is 10.4. The first-order valence-electron chi connectivity index (χ1n) is 5.82. The Labute approximate surface area is 110 Å². The molecule has 0 atom stereocenters. The van der Waals surface area contributed by atoms with Crippen molar-refractivity contribution in [2.24, 2.45) is 0 Å². The van der Waals surface area contributed by atoms with Crippen LogP contribution in [0, 0.1) is 0 Å². The van der Waals surface area contributed by atoms with Gasteiger partial charge in [0.25, 0.3) is 0 Å². The van der Waals surface area contributed by atoms with E-state index < -0.39 is 12.6 Å². The van der Waals surface area contributed by atoms with Crippen molar-refractivity contribution >= 4 is 5.97 Å². The number of rotatable bonds is 5. The standard InChI is InChI=1S/C13H13N3O3/c1-2-11-15-10(9-3-5-14-6-4-9)7-12(16-11)19-8-13(17)18/h3-7H,2,8H2,1H3,(H,17,18). The minimum atomic E-state index is -1.04. The highest BCUT2D eigenvalue weighted by Crippen LogP contribution is 2.20. The van der Waals surface area contributed by atoms with E-state index in [-0.39, 0.29) is 5.88 Å². The normalized spacial score (nSPS) is 10.2. The summed E-state index contributed by atoms with van der Waals surface area (Å²) >= 11 is 0. The van der Waals surface area contributed by atoms with Crippen molar-refractivity contribution in [1.29, 1.82) is 0 Å². The van der Waals surface area contributed by atoms with Gasteiger partial charge < -0.3 is 9.84 Å². The lowest BCUT2D eigenvalue weighted by Crippen LogP contribution is -2.11. The highest BCUT2D eigenvalue weighted by molar-refractivity contribution is 5.68. The molecule has 0 radical (unpaired) electrons. The molecule has 0 aliphatic heterocycles. The van der Waals surface area contributed by atoms with Gasteiger partial charge in [-0.3, -0.25) is 4.98 Å². The minimum absolute atomic E-state index is 0.265. The molecular weight excluding hydrogens is 246 g/mol. The van der Waals surface area contributed by atoms with Crippen LogP contribution in [0.4, 0.5) is 0 Å². The van der Waals surface area contributed by atoms with Crippen molar-refractivity contribution in [2.45, 2.75) is 13.3 Å². The number of aliphatic carboxylic acids is 1. The number of carboxylic acid groups (broad SMARTS) is 1. The molecule has 2 rings (SSSR count). The van der Waals surface area contributed by atoms with Crippen molar-refractivity contribution in [2.75, 3.05) is 6.61 Å². The molecule has 0 spiro atoms. The number of aromatic nitrogens is 3. The van der Waals surface area contributed by atoms with Crippen LogP contribution in [0.15, 0.2) is 30.6 Å². The number of aryl methyl sites for hydroxylation is 1. The minimum Gasteiger partial charge on any atom is -0.479 e. The van der Waals surface area contributed by atoms with Crippen LogP contribution in [0.2, 0.25) is 0 Å². The van der Waals surface area contributed by atoms with E-state index in [1.54, 1.807) is 18.5 Å². The van der Waals surface area contributed by atoms with E-state index in [9.17, 15) is 4.79 Å². The monoisotopic (exact) mass is 259 g/mol. The molecule has 2 heterocycles. The Morgan fingerprint density at radius 3 is 2.68 bits per heavy atom. The molecule has 0 aliphatic rings. The van der Waals surface area contributed by atoms with E-state index in [1.165, 1.54) is 0 Å². The summed E-state index contributed by atoms with van der Waals surface area (Å²) in [4.78, 5) is 23.0. The van der Waals surface area contributed by atoms with Crippen molar-refractivity contribution in [3.63, 3.8) is 0 Å². The molecule has 0 bridgehead atoms. The van der Waals surface area contributed by atoms with Crippen LogP contribution in [-0.4, -0.2) is 32.6 Å². The molecule has 0 aromatic carbocycles. The molecule has 1 N–H and O–H groups in total. The summed E-state index contributed by atoms with van der Waals surface area (Å²) in [5.74, 6) is -0.169. The summed E-state index contributed by atoms with van der Waals surface area (Å²) in [6.07, 6.45) is 3.98. The molecule has 2 aromatic rings. The van der Waals surface area contributed by atoms with E-state index >= 15 is 0 Å². The fourth-order valence-electron chi connectivity index (χ4n) is 1.51. The van der Waals surface area contributed by atoms with Gasteiger partial charge in [0.1, 0.15) is 5.82 Å². The van der Waals surface area contributed by atoms with E-state index in [4.69, 9.17) is 9.84 Å². The number of carboxylic acids is 1. The van der Waals surface area contributed by atoms with E-state index in [0.29, 0.717) is 17.9 Å². The Morgan fingerprint density at radius 1 is 1.32 bits per heavy atom. The molecule has 2 aromatic heterocycles. The predicted octanol–water partition coefficient (Wildman–Crippen LogP) is 1.56. The van der Waals surface area contributed by atoms with Crippen LogP contribution in [0.1, 0.15) is 12.7 Å². The molecular formula is C13H13N3O3. The fourth-order valence-corrected chi connectivity index (χ4v) is 1.51. The second kappa shape index (κ2) is 5.90. The highest BCUT2D eigenvalue weighted by atomic mass is 16.5. The lowest BCUT2D eigenvalue weighted by molar-refractivity contribution is -0.139. The second-order valence-electron chi connectivity index (χ2n) is 3.78. The van der Waals surface area contributed by atoms with Gasteiger partial charge in [-0.1, -0.05) is 6.92 Å². The molecule has 0 aliphatic carbocycles. The topological polar surface area (TPSA) is 85.2 Å². The van der Waals surface area contributed by atoms with E-state index in [1.807, 2.05) is 19.1 Å². The molecule has 98 valence electrons.